The molecule has 2 heterocycles. The standard InChI is InChI=1S/C24H25N5O3/c1-18-3-2-4-20(15-18)24(30)26-21-7-10-23(25-16-21)28-13-11-27(12-14-28)17-19-5-8-22(9-6-19)29(31)32/h2-10,15-16H,11-14,17H2,1H3,(H,26,30). The van der Waals surface area contributed by atoms with Crippen molar-refractivity contribution < 1.29 is 9.72 Å². The molecule has 2 aromatic carbocycles. The average Bonchev–Trinajstić information content (AvgIpc) is 2.80. The molecule has 0 radical (unpaired) electrons. The van der Waals surface area contributed by atoms with Gasteiger partial charge >= 0.3 is 0 Å². The van der Waals surface area contributed by atoms with E-state index in [1.807, 2.05) is 49.4 Å². The number of benzene rings is 2. The molecular weight excluding hydrogens is 406 g/mol. The molecule has 0 atom stereocenters. The Balaban J connectivity index is 1.29. The van der Waals surface area contributed by atoms with Crippen molar-refractivity contribution in [3.05, 3.63) is 93.7 Å². The van der Waals surface area contributed by atoms with Crippen molar-refractivity contribution in [2.45, 2.75) is 13.5 Å². The number of aryl methyl sites for hydroxylation is 1. The van der Waals surface area contributed by atoms with E-state index in [-0.39, 0.29) is 16.5 Å². The molecule has 0 aliphatic carbocycles. The van der Waals surface area contributed by atoms with Gasteiger partial charge in [-0.3, -0.25) is 19.8 Å². The first kappa shape index (κ1) is 21.5. The summed E-state index contributed by atoms with van der Waals surface area (Å²) in [5.74, 6) is 0.733. The average molecular weight is 431 g/mol. The van der Waals surface area contributed by atoms with Gasteiger partial charge in [0.2, 0.25) is 0 Å². The fraction of sp³-hybridized carbons (Fsp3) is 0.250. The largest absolute Gasteiger partial charge is 0.354 e. The smallest absolute Gasteiger partial charge is 0.269 e. The summed E-state index contributed by atoms with van der Waals surface area (Å²) in [6, 6.07) is 18.0. The third-order valence-electron chi connectivity index (χ3n) is 5.54. The van der Waals surface area contributed by atoms with Gasteiger partial charge in [0, 0.05) is 50.4 Å². The molecule has 164 valence electrons. The molecule has 1 aromatic heterocycles. The maximum Gasteiger partial charge on any atom is 0.269 e. The lowest BCUT2D eigenvalue weighted by atomic mass is 10.1. The van der Waals surface area contributed by atoms with Gasteiger partial charge in [-0.2, -0.15) is 0 Å². The Kier molecular flexibility index (Phi) is 6.42. The Labute approximate surface area is 186 Å². The molecule has 1 aliphatic heterocycles. The highest BCUT2D eigenvalue weighted by Gasteiger charge is 2.18. The van der Waals surface area contributed by atoms with Crippen LogP contribution in [0, 0.1) is 17.0 Å². The minimum Gasteiger partial charge on any atom is -0.354 e. The number of piperazine rings is 1. The number of nitro benzene ring substituents is 1. The minimum absolute atomic E-state index is 0.114. The number of hydrogen-bond donors (Lipinski definition) is 1. The maximum atomic E-state index is 12.4. The Morgan fingerprint density at radius 3 is 2.44 bits per heavy atom. The van der Waals surface area contributed by atoms with Gasteiger partial charge < -0.3 is 10.2 Å². The molecule has 0 spiro atoms. The van der Waals surface area contributed by atoms with E-state index < -0.39 is 0 Å². The summed E-state index contributed by atoms with van der Waals surface area (Å²) in [5, 5.41) is 13.7. The Bertz CT molecular complexity index is 1090. The number of anilines is 2. The van der Waals surface area contributed by atoms with Crippen molar-refractivity contribution in [1.29, 1.82) is 0 Å². The predicted octanol–water partition coefficient (Wildman–Crippen LogP) is 3.87. The Morgan fingerprint density at radius 2 is 1.81 bits per heavy atom. The van der Waals surface area contributed by atoms with Crippen molar-refractivity contribution in [3.63, 3.8) is 0 Å². The summed E-state index contributed by atoms with van der Waals surface area (Å²) in [4.78, 5) is 31.9. The van der Waals surface area contributed by atoms with Crippen molar-refractivity contribution >= 4 is 23.1 Å². The van der Waals surface area contributed by atoms with Crippen LogP contribution in [0.5, 0.6) is 0 Å². The molecule has 0 bridgehead atoms. The van der Waals surface area contributed by atoms with Crippen LogP contribution in [0.2, 0.25) is 0 Å². The topological polar surface area (TPSA) is 91.6 Å². The Morgan fingerprint density at radius 1 is 1.06 bits per heavy atom. The molecule has 8 nitrogen and oxygen atoms in total. The van der Waals surface area contributed by atoms with Crippen molar-refractivity contribution in [2.75, 3.05) is 36.4 Å². The van der Waals surface area contributed by atoms with Crippen molar-refractivity contribution in [1.82, 2.24) is 9.88 Å². The third-order valence-corrected chi connectivity index (χ3v) is 5.54. The molecule has 4 rings (SSSR count). The molecule has 0 saturated carbocycles. The van der Waals surface area contributed by atoms with Crippen LogP contribution in [0.25, 0.3) is 0 Å². The van der Waals surface area contributed by atoms with E-state index in [0.717, 1.165) is 49.7 Å². The second-order valence-corrected chi connectivity index (χ2v) is 7.92. The summed E-state index contributed by atoms with van der Waals surface area (Å²) in [5.41, 5.74) is 3.51. The summed E-state index contributed by atoms with van der Waals surface area (Å²) < 4.78 is 0. The predicted molar refractivity (Wildman–Crippen MR) is 124 cm³/mol. The van der Waals surface area contributed by atoms with Crippen LogP contribution in [0.1, 0.15) is 21.5 Å². The van der Waals surface area contributed by atoms with Gasteiger partial charge in [-0.25, -0.2) is 4.98 Å². The van der Waals surface area contributed by atoms with Crippen LogP contribution in [-0.4, -0.2) is 46.9 Å². The minimum atomic E-state index is -0.380. The number of hydrogen-bond acceptors (Lipinski definition) is 6. The number of non-ortho nitro benzene ring substituents is 1. The zero-order chi connectivity index (χ0) is 22.5. The van der Waals surface area contributed by atoms with Crippen LogP contribution in [0.4, 0.5) is 17.2 Å². The highest BCUT2D eigenvalue weighted by Crippen LogP contribution is 2.19. The SMILES string of the molecule is Cc1cccc(C(=O)Nc2ccc(N3CCN(Cc4ccc([N+](=O)[O-])cc4)CC3)nc2)c1. The van der Waals surface area contributed by atoms with Crippen LogP contribution in [0.15, 0.2) is 66.9 Å². The Hall–Kier alpha value is -3.78. The summed E-state index contributed by atoms with van der Waals surface area (Å²) in [7, 11) is 0. The van der Waals surface area contributed by atoms with E-state index >= 15 is 0 Å². The van der Waals surface area contributed by atoms with Gasteiger partial charge in [-0.05, 0) is 36.8 Å². The zero-order valence-corrected chi connectivity index (χ0v) is 17.9. The number of nitro groups is 1. The molecule has 0 unspecified atom stereocenters. The number of nitrogens with zero attached hydrogens (tertiary/aromatic N) is 4. The van der Waals surface area contributed by atoms with Gasteiger partial charge in [-0.1, -0.05) is 29.8 Å². The van der Waals surface area contributed by atoms with Gasteiger partial charge in [-0.15, -0.1) is 0 Å². The highest BCUT2D eigenvalue weighted by molar-refractivity contribution is 6.04. The van der Waals surface area contributed by atoms with Gasteiger partial charge in [0.05, 0.1) is 16.8 Å². The number of aromatic nitrogens is 1. The van der Waals surface area contributed by atoms with E-state index in [2.05, 4.69) is 20.1 Å². The molecule has 1 aliphatic rings. The summed E-state index contributed by atoms with van der Waals surface area (Å²) in [6.07, 6.45) is 1.69. The maximum absolute atomic E-state index is 12.4. The molecule has 1 amide bonds. The van der Waals surface area contributed by atoms with Crippen LogP contribution in [-0.2, 0) is 6.54 Å². The number of carbonyl (C=O) groups excluding carboxylic acids is 1. The first-order valence-electron chi connectivity index (χ1n) is 10.5. The lowest BCUT2D eigenvalue weighted by molar-refractivity contribution is -0.384. The summed E-state index contributed by atoms with van der Waals surface area (Å²) in [6.45, 7) is 6.17. The number of rotatable bonds is 6. The van der Waals surface area contributed by atoms with Gasteiger partial charge in [0.25, 0.3) is 11.6 Å². The molecular formula is C24H25N5O3. The number of nitrogens with one attached hydrogen (secondary N) is 1. The van der Waals surface area contributed by atoms with E-state index in [0.29, 0.717) is 11.3 Å². The fourth-order valence-corrected chi connectivity index (χ4v) is 3.75. The number of amides is 1. The van der Waals surface area contributed by atoms with E-state index in [1.165, 1.54) is 0 Å². The summed E-state index contributed by atoms with van der Waals surface area (Å²) >= 11 is 0. The molecule has 1 fully saturated rings. The third kappa shape index (κ3) is 5.28. The zero-order valence-electron chi connectivity index (χ0n) is 17.9. The van der Waals surface area contributed by atoms with E-state index in [1.54, 1.807) is 24.4 Å². The lowest BCUT2D eigenvalue weighted by Gasteiger charge is -2.35. The molecule has 3 aromatic rings. The monoisotopic (exact) mass is 431 g/mol. The molecule has 32 heavy (non-hydrogen) atoms. The quantitative estimate of drug-likeness (QED) is 0.471. The van der Waals surface area contributed by atoms with E-state index in [4.69, 9.17) is 0 Å². The second kappa shape index (κ2) is 9.57. The van der Waals surface area contributed by atoms with Crippen LogP contribution >= 0.6 is 0 Å². The lowest BCUT2D eigenvalue weighted by Crippen LogP contribution is -2.46. The second-order valence-electron chi connectivity index (χ2n) is 7.92. The first-order valence-corrected chi connectivity index (χ1v) is 10.5. The highest BCUT2D eigenvalue weighted by atomic mass is 16.6. The molecule has 1 N–H and O–H groups in total. The van der Waals surface area contributed by atoms with Gasteiger partial charge in [0.1, 0.15) is 5.82 Å². The molecule has 8 heteroatoms. The van der Waals surface area contributed by atoms with E-state index in [9.17, 15) is 14.9 Å². The van der Waals surface area contributed by atoms with Crippen molar-refractivity contribution in [2.24, 2.45) is 0 Å². The van der Waals surface area contributed by atoms with Gasteiger partial charge in [0.15, 0.2) is 0 Å². The van der Waals surface area contributed by atoms with Crippen LogP contribution < -0.4 is 10.2 Å². The fourth-order valence-electron chi connectivity index (χ4n) is 3.75. The normalized spacial score (nSPS) is 14.2. The molecule has 1 saturated heterocycles. The number of carbonyl (C=O) groups is 1. The first-order chi connectivity index (χ1) is 15.5. The van der Waals surface area contributed by atoms with Crippen molar-refractivity contribution in [3.8, 4) is 0 Å². The number of pyridine rings is 1. The van der Waals surface area contributed by atoms with Crippen LogP contribution in [0.3, 0.4) is 0 Å².